The molecule has 0 unspecified atom stereocenters. The van der Waals surface area contributed by atoms with Gasteiger partial charge in [0, 0.05) is 6.54 Å². The second-order valence-corrected chi connectivity index (χ2v) is 5.63. The average Bonchev–Trinajstić information content (AvgIpc) is 2.48. The zero-order valence-corrected chi connectivity index (χ0v) is 12.5. The molecule has 1 N–H and O–H groups in total. The molecule has 1 aliphatic heterocycles. The maximum absolute atomic E-state index is 12.1. The quantitative estimate of drug-likeness (QED) is 0.837. The molecular formula is C16H24F2N2O. The summed E-state index contributed by atoms with van der Waals surface area (Å²) in [6.45, 7) is 1.45. The summed E-state index contributed by atoms with van der Waals surface area (Å²) in [5.74, 6) is 1.05. The van der Waals surface area contributed by atoms with Crippen LogP contribution in [0.4, 0.5) is 8.78 Å². The lowest BCUT2D eigenvalue weighted by atomic mass is 9.93. The molecule has 1 fully saturated rings. The molecule has 21 heavy (non-hydrogen) atoms. The average molecular weight is 298 g/mol. The van der Waals surface area contributed by atoms with Crippen molar-refractivity contribution in [3.8, 4) is 5.75 Å². The Hall–Kier alpha value is -1.20. The van der Waals surface area contributed by atoms with Crippen LogP contribution in [0.1, 0.15) is 24.8 Å². The first kappa shape index (κ1) is 16.2. The number of benzene rings is 1. The molecule has 0 radical (unpaired) electrons. The number of hydrogen-bond acceptors (Lipinski definition) is 3. The Bertz CT molecular complexity index is 403. The molecule has 0 aromatic heterocycles. The van der Waals surface area contributed by atoms with E-state index in [0.29, 0.717) is 0 Å². The van der Waals surface area contributed by atoms with Crippen LogP contribution in [-0.4, -0.2) is 38.2 Å². The molecule has 5 heteroatoms. The minimum absolute atomic E-state index is 0.222. The van der Waals surface area contributed by atoms with Crippen LogP contribution in [0, 0.1) is 5.92 Å². The van der Waals surface area contributed by atoms with E-state index in [1.165, 1.54) is 19.3 Å². The van der Waals surface area contributed by atoms with Gasteiger partial charge in [0.05, 0.1) is 0 Å². The molecule has 0 bridgehead atoms. The van der Waals surface area contributed by atoms with E-state index in [-0.39, 0.29) is 5.75 Å². The SMILES string of the molecule is CNCCC1CCN(Cc2ccc(OC(F)F)cc2)CC1. The number of piperidine rings is 1. The van der Waals surface area contributed by atoms with Crippen LogP contribution >= 0.6 is 0 Å². The van der Waals surface area contributed by atoms with E-state index in [0.717, 1.165) is 37.7 Å². The fraction of sp³-hybridized carbons (Fsp3) is 0.625. The molecule has 0 spiro atoms. The number of nitrogens with zero attached hydrogens (tertiary/aromatic N) is 1. The van der Waals surface area contributed by atoms with Crippen LogP contribution in [0.5, 0.6) is 5.75 Å². The molecule has 0 aliphatic carbocycles. The van der Waals surface area contributed by atoms with Gasteiger partial charge in [0.25, 0.3) is 0 Å². The maximum Gasteiger partial charge on any atom is 0.387 e. The summed E-state index contributed by atoms with van der Waals surface area (Å²) in [6.07, 6.45) is 3.74. The van der Waals surface area contributed by atoms with Crippen LogP contribution in [0.25, 0.3) is 0 Å². The molecule has 1 heterocycles. The number of alkyl halides is 2. The first-order valence-electron chi connectivity index (χ1n) is 7.58. The van der Waals surface area contributed by atoms with Gasteiger partial charge in [0.15, 0.2) is 0 Å². The maximum atomic E-state index is 12.1. The third kappa shape index (κ3) is 5.59. The van der Waals surface area contributed by atoms with Crippen molar-refractivity contribution >= 4 is 0 Å². The third-order valence-electron chi connectivity index (χ3n) is 4.06. The topological polar surface area (TPSA) is 24.5 Å². The van der Waals surface area contributed by atoms with Crippen LogP contribution in [-0.2, 0) is 6.54 Å². The standard InChI is InChI=1S/C16H24F2N2O/c1-19-9-6-13-7-10-20(11-8-13)12-14-2-4-15(5-3-14)21-16(17)18/h2-5,13,16,19H,6-12H2,1H3. The Balaban J connectivity index is 1.75. The molecule has 118 valence electrons. The summed E-state index contributed by atoms with van der Waals surface area (Å²) in [5.41, 5.74) is 1.14. The summed E-state index contributed by atoms with van der Waals surface area (Å²) in [7, 11) is 2.00. The van der Waals surface area contributed by atoms with Crippen molar-refractivity contribution in [1.82, 2.24) is 10.2 Å². The van der Waals surface area contributed by atoms with Gasteiger partial charge in [-0.15, -0.1) is 0 Å². The molecule has 1 aromatic carbocycles. The molecule has 3 nitrogen and oxygen atoms in total. The zero-order chi connectivity index (χ0) is 15.1. The Morgan fingerprint density at radius 3 is 2.48 bits per heavy atom. The number of nitrogens with one attached hydrogen (secondary N) is 1. The Labute approximate surface area is 125 Å². The number of halogens is 2. The van der Waals surface area contributed by atoms with Crippen molar-refractivity contribution in [3.63, 3.8) is 0 Å². The first-order valence-corrected chi connectivity index (χ1v) is 7.58. The molecular weight excluding hydrogens is 274 g/mol. The lowest BCUT2D eigenvalue weighted by Gasteiger charge is -2.32. The molecule has 0 amide bonds. The molecule has 1 saturated heterocycles. The molecule has 1 aromatic rings. The fourth-order valence-electron chi connectivity index (χ4n) is 2.82. The van der Waals surface area contributed by atoms with Gasteiger partial charge in [0.1, 0.15) is 5.75 Å². The van der Waals surface area contributed by atoms with E-state index < -0.39 is 6.61 Å². The second-order valence-electron chi connectivity index (χ2n) is 5.63. The fourth-order valence-corrected chi connectivity index (χ4v) is 2.82. The van der Waals surface area contributed by atoms with Gasteiger partial charge in [-0.25, -0.2) is 0 Å². The van der Waals surface area contributed by atoms with Gasteiger partial charge < -0.3 is 10.1 Å². The molecule has 1 aliphatic rings. The lowest BCUT2D eigenvalue weighted by molar-refractivity contribution is -0.0498. The van der Waals surface area contributed by atoms with Crippen LogP contribution in [0.15, 0.2) is 24.3 Å². The lowest BCUT2D eigenvalue weighted by Crippen LogP contribution is -2.34. The summed E-state index contributed by atoms with van der Waals surface area (Å²) >= 11 is 0. The summed E-state index contributed by atoms with van der Waals surface area (Å²) in [6, 6.07) is 6.96. The monoisotopic (exact) mass is 298 g/mol. The Kier molecular flexibility index (Phi) is 6.39. The summed E-state index contributed by atoms with van der Waals surface area (Å²) in [4.78, 5) is 2.43. The third-order valence-corrected chi connectivity index (χ3v) is 4.06. The van der Waals surface area contributed by atoms with E-state index in [2.05, 4.69) is 15.0 Å². The van der Waals surface area contributed by atoms with Gasteiger partial charge in [0.2, 0.25) is 0 Å². The van der Waals surface area contributed by atoms with Crippen LogP contribution in [0.2, 0.25) is 0 Å². The first-order chi connectivity index (χ1) is 10.2. The van der Waals surface area contributed by atoms with E-state index in [1.807, 2.05) is 19.2 Å². The van der Waals surface area contributed by atoms with Gasteiger partial charge in [-0.2, -0.15) is 8.78 Å². The van der Waals surface area contributed by atoms with E-state index in [9.17, 15) is 8.78 Å². The van der Waals surface area contributed by atoms with Crippen molar-refractivity contribution in [3.05, 3.63) is 29.8 Å². The minimum atomic E-state index is -2.76. The number of ether oxygens (including phenoxy) is 1. The van der Waals surface area contributed by atoms with Gasteiger partial charge in [-0.05, 0) is 69.6 Å². The van der Waals surface area contributed by atoms with E-state index >= 15 is 0 Å². The Morgan fingerprint density at radius 2 is 1.90 bits per heavy atom. The van der Waals surface area contributed by atoms with Gasteiger partial charge in [-0.3, -0.25) is 4.90 Å². The smallest absolute Gasteiger partial charge is 0.387 e. The Morgan fingerprint density at radius 1 is 1.24 bits per heavy atom. The van der Waals surface area contributed by atoms with E-state index in [1.54, 1.807) is 12.1 Å². The molecule has 0 atom stereocenters. The normalized spacial score (nSPS) is 17.3. The van der Waals surface area contributed by atoms with Crippen molar-refractivity contribution in [1.29, 1.82) is 0 Å². The van der Waals surface area contributed by atoms with Crippen molar-refractivity contribution < 1.29 is 13.5 Å². The predicted molar refractivity (Wildman–Crippen MR) is 79.6 cm³/mol. The zero-order valence-electron chi connectivity index (χ0n) is 12.5. The predicted octanol–water partition coefficient (Wildman–Crippen LogP) is 3.11. The summed E-state index contributed by atoms with van der Waals surface area (Å²) in [5, 5.41) is 3.21. The van der Waals surface area contributed by atoms with Crippen molar-refractivity contribution in [2.45, 2.75) is 32.4 Å². The highest BCUT2D eigenvalue weighted by atomic mass is 19.3. The van der Waals surface area contributed by atoms with Crippen LogP contribution < -0.4 is 10.1 Å². The van der Waals surface area contributed by atoms with Gasteiger partial charge in [-0.1, -0.05) is 12.1 Å². The summed E-state index contributed by atoms with van der Waals surface area (Å²) < 4.78 is 28.5. The van der Waals surface area contributed by atoms with Crippen molar-refractivity contribution in [2.24, 2.45) is 5.92 Å². The highest BCUT2D eigenvalue weighted by Gasteiger charge is 2.18. The highest BCUT2D eigenvalue weighted by Crippen LogP contribution is 2.22. The molecule has 2 rings (SSSR count). The second kappa shape index (κ2) is 8.29. The highest BCUT2D eigenvalue weighted by molar-refractivity contribution is 5.27. The largest absolute Gasteiger partial charge is 0.435 e. The van der Waals surface area contributed by atoms with E-state index in [4.69, 9.17) is 0 Å². The van der Waals surface area contributed by atoms with Crippen LogP contribution in [0.3, 0.4) is 0 Å². The number of likely N-dealkylation sites (tertiary alicyclic amines) is 1. The van der Waals surface area contributed by atoms with Gasteiger partial charge >= 0.3 is 6.61 Å². The molecule has 0 saturated carbocycles. The van der Waals surface area contributed by atoms with Crippen molar-refractivity contribution in [2.75, 3.05) is 26.7 Å². The number of rotatable bonds is 7. The number of hydrogen-bond donors (Lipinski definition) is 1. The minimum Gasteiger partial charge on any atom is -0.435 e.